The Morgan fingerprint density at radius 1 is 1.42 bits per heavy atom. The molecule has 0 aliphatic rings. The third kappa shape index (κ3) is 1.89. The van der Waals surface area contributed by atoms with Gasteiger partial charge in [0.05, 0.1) is 0 Å². The van der Waals surface area contributed by atoms with E-state index in [1.807, 2.05) is 6.07 Å². The van der Waals surface area contributed by atoms with Gasteiger partial charge in [-0.2, -0.15) is 0 Å². The molecule has 64 valence electrons. The Labute approximate surface area is 89.3 Å². The zero-order chi connectivity index (χ0) is 9.14. The molecule has 0 spiro atoms. The second kappa shape index (κ2) is 4.39. The van der Waals surface area contributed by atoms with Crippen molar-refractivity contribution in [2.24, 2.45) is 0 Å². The van der Waals surface area contributed by atoms with Crippen molar-refractivity contribution in [3.8, 4) is 0 Å². The van der Waals surface area contributed by atoms with Gasteiger partial charge in [0.1, 0.15) is 0 Å². The van der Waals surface area contributed by atoms with Gasteiger partial charge < -0.3 is 4.80 Å². The van der Waals surface area contributed by atoms with Crippen LogP contribution in [-0.4, -0.2) is 14.6 Å². The summed E-state index contributed by atoms with van der Waals surface area (Å²) in [6, 6.07) is 4.10. The molecule has 0 heterocycles. The van der Waals surface area contributed by atoms with Crippen molar-refractivity contribution in [3.05, 3.63) is 28.8 Å². The van der Waals surface area contributed by atoms with E-state index < -0.39 is 0 Å². The molecule has 1 nitrogen and oxygen atoms in total. The summed E-state index contributed by atoms with van der Waals surface area (Å²) in [4.78, 5) is 9.05. The summed E-state index contributed by atoms with van der Waals surface area (Å²) in [5, 5.41) is 1.08. The molecule has 12 heavy (non-hydrogen) atoms. The van der Waals surface area contributed by atoms with E-state index in [0.717, 1.165) is 9.61 Å². The van der Waals surface area contributed by atoms with E-state index in [0.29, 0.717) is 0 Å². The van der Waals surface area contributed by atoms with Crippen LogP contribution in [0.15, 0.2) is 12.1 Å². The van der Waals surface area contributed by atoms with Crippen molar-refractivity contribution in [1.82, 2.24) is 0 Å². The number of aryl methyl sites for hydroxylation is 1. The normalized spacial score (nSPS) is 10.3. The summed E-state index contributed by atoms with van der Waals surface area (Å²) < 4.78 is 1.02. The molecular formula is C9H11IOSi. The molecule has 2 radical (unpaired) electrons. The maximum absolute atomic E-state index is 9.05. The van der Waals surface area contributed by atoms with E-state index in [4.69, 9.17) is 4.80 Å². The summed E-state index contributed by atoms with van der Waals surface area (Å²) in [7, 11) is -0.0787. The maximum Gasteiger partial charge on any atom is 0.265 e. The molecule has 1 rings (SSSR count). The summed E-state index contributed by atoms with van der Waals surface area (Å²) in [5.74, 6) is 0. The Bertz CT molecular complexity index is 286. The van der Waals surface area contributed by atoms with E-state index in [1.54, 1.807) is 0 Å². The van der Waals surface area contributed by atoms with E-state index in [1.165, 1.54) is 16.7 Å². The third-order valence-corrected chi connectivity index (χ3v) is 3.63. The highest BCUT2D eigenvalue weighted by Gasteiger charge is 2.05. The molecule has 1 aromatic rings. The van der Waals surface area contributed by atoms with Crippen LogP contribution in [0.25, 0.3) is 0 Å². The Kier molecular flexibility index (Phi) is 3.73. The van der Waals surface area contributed by atoms with Gasteiger partial charge in [0.25, 0.3) is 9.76 Å². The van der Waals surface area contributed by atoms with Gasteiger partial charge in [0, 0.05) is 4.43 Å². The molecule has 0 unspecified atom stereocenters. The highest BCUT2D eigenvalue weighted by Crippen LogP contribution is 2.14. The Morgan fingerprint density at radius 3 is 2.58 bits per heavy atom. The molecular weight excluding hydrogens is 279 g/mol. The SMILES string of the molecule is Cc1ccc([Si]O)c(C)c1CI. The third-order valence-electron chi connectivity index (χ3n) is 2.09. The summed E-state index contributed by atoms with van der Waals surface area (Å²) in [6.07, 6.45) is 0. The number of rotatable bonds is 2. The Morgan fingerprint density at radius 2 is 2.08 bits per heavy atom. The molecule has 1 aromatic carbocycles. The van der Waals surface area contributed by atoms with Crippen molar-refractivity contribution in [1.29, 1.82) is 0 Å². The molecule has 3 heteroatoms. The molecule has 0 bridgehead atoms. The maximum atomic E-state index is 9.05. The fourth-order valence-electron chi connectivity index (χ4n) is 1.22. The van der Waals surface area contributed by atoms with Gasteiger partial charge in [-0.05, 0) is 35.7 Å². The van der Waals surface area contributed by atoms with Gasteiger partial charge in [-0.3, -0.25) is 0 Å². The fourth-order valence-corrected chi connectivity index (χ4v) is 2.87. The second-order valence-electron chi connectivity index (χ2n) is 2.78. The second-order valence-corrected chi connectivity index (χ2v) is 4.30. The topological polar surface area (TPSA) is 20.2 Å². The lowest BCUT2D eigenvalue weighted by Crippen LogP contribution is -2.18. The predicted octanol–water partition coefficient (Wildman–Crippen LogP) is 1.48. The van der Waals surface area contributed by atoms with Crippen molar-refractivity contribution in [2.45, 2.75) is 18.3 Å². The number of hydrogen-bond acceptors (Lipinski definition) is 1. The zero-order valence-electron chi connectivity index (χ0n) is 7.19. The van der Waals surface area contributed by atoms with Crippen LogP contribution in [0, 0.1) is 13.8 Å². The molecule has 0 aliphatic carbocycles. The van der Waals surface area contributed by atoms with Crippen molar-refractivity contribution in [2.75, 3.05) is 0 Å². The van der Waals surface area contributed by atoms with E-state index >= 15 is 0 Å². The molecule has 0 aromatic heterocycles. The Hall–Kier alpha value is 0.127. The molecule has 0 saturated heterocycles. The van der Waals surface area contributed by atoms with Gasteiger partial charge in [-0.1, -0.05) is 34.7 Å². The van der Waals surface area contributed by atoms with Crippen LogP contribution < -0.4 is 5.19 Å². The molecule has 0 fully saturated rings. The highest BCUT2D eigenvalue weighted by atomic mass is 127. The summed E-state index contributed by atoms with van der Waals surface area (Å²) in [6.45, 7) is 4.20. The lowest BCUT2D eigenvalue weighted by Gasteiger charge is -2.09. The van der Waals surface area contributed by atoms with Crippen molar-refractivity contribution >= 4 is 37.5 Å². The van der Waals surface area contributed by atoms with Crippen LogP contribution in [0.3, 0.4) is 0 Å². The van der Waals surface area contributed by atoms with Gasteiger partial charge in [-0.25, -0.2) is 0 Å². The van der Waals surface area contributed by atoms with Crippen LogP contribution in [0.2, 0.25) is 0 Å². The Balaban J connectivity index is 3.24. The molecule has 0 aliphatic heterocycles. The monoisotopic (exact) mass is 290 g/mol. The highest BCUT2D eigenvalue weighted by molar-refractivity contribution is 14.1. The lowest BCUT2D eigenvalue weighted by molar-refractivity contribution is 0.615. The number of halogens is 1. The molecule has 1 N–H and O–H groups in total. The minimum atomic E-state index is -0.0787. The van der Waals surface area contributed by atoms with Crippen molar-refractivity contribution < 1.29 is 4.80 Å². The molecule has 0 amide bonds. The first-order valence-corrected chi connectivity index (χ1v) is 6.23. The quantitative estimate of drug-likeness (QED) is 0.497. The van der Waals surface area contributed by atoms with E-state index in [9.17, 15) is 0 Å². The van der Waals surface area contributed by atoms with Crippen LogP contribution in [0.4, 0.5) is 0 Å². The standard InChI is InChI=1S/C9H11IOSi/c1-6-3-4-9(12-11)7(2)8(6)5-10/h3-4,11H,5H2,1-2H3. The van der Waals surface area contributed by atoms with Crippen LogP contribution in [0.5, 0.6) is 0 Å². The lowest BCUT2D eigenvalue weighted by atomic mass is 10.1. The zero-order valence-corrected chi connectivity index (χ0v) is 10.3. The average Bonchev–Trinajstić information content (AvgIpc) is 2.06. The van der Waals surface area contributed by atoms with Crippen LogP contribution in [0.1, 0.15) is 16.7 Å². The largest absolute Gasteiger partial charge is 0.428 e. The van der Waals surface area contributed by atoms with Gasteiger partial charge in [-0.15, -0.1) is 0 Å². The first kappa shape index (κ1) is 10.2. The van der Waals surface area contributed by atoms with Gasteiger partial charge in [0.2, 0.25) is 0 Å². The summed E-state index contributed by atoms with van der Waals surface area (Å²) in [5.41, 5.74) is 3.95. The summed E-state index contributed by atoms with van der Waals surface area (Å²) >= 11 is 2.36. The van der Waals surface area contributed by atoms with Gasteiger partial charge >= 0.3 is 0 Å². The number of alkyl halides is 1. The minimum Gasteiger partial charge on any atom is -0.428 e. The first-order chi connectivity index (χ1) is 5.70. The average molecular weight is 290 g/mol. The molecule has 0 saturated carbocycles. The first-order valence-electron chi connectivity index (χ1n) is 3.76. The minimum absolute atomic E-state index is 0.0787. The predicted molar refractivity (Wildman–Crippen MR) is 61.2 cm³/mol. The van der Waals surface area contributed by atoms with Crippen LogP contribution in [-0.2, 0) is 4.43 Å². The van der Waals surface area contributed by atoms with Gasteiger partial charge in [0.15, 0.2) is 0 Å². The smallest absolute Gasteiger partial charge is 0.265 e. The van der Waals surface area contributed by atoms with Crippen molar-refractivity contribution in [3.63, 3.8) is 0 Å². The fraction of sp³-hybridized carbons (Fsp3) is 0.333. The number of benzene rings is 1. The van der Waals surface area contributed by atoms with E-state index in [2.05, 4.69) is 42.5 Å². The molecule has 0 atom stereocenters. The number of hydrogen-bond donors (Lipinski definition) is 1. The van der Waals surface area contributed by atoms with Crippen LogP contribution >= 0.6 is 22.6 Å². The van der Waals surface area contributed by atoms with E-state index in [-0.39, 0.29) is 9.76 Å².